The first-order chi connectivity index (χ1) is 20.2. The SMILES string of the molecule is COc1cc(F)c(O[C@H]2CC[C@@](C)(C(=O)O)CC2)cc1C(=O)N[C@@H]1CCC[C@@H]1C(=O)Nc1ccc(F)c(S(F)(F)(F)(F)F)c1. The van der Waals surface area contributed by atoms with Crippen LogP contribution in [0.15, 0.2) is 35.2 Å². The quantitative estimate of drug-likeness (QED) is 0.240. The second-order valence-electron chi connectivity index (χ2n) is 11.4. The summed E-state index contributed by atoms with van der Waals surface area (Å²) in [5.41, 5.74) is -1.76. The highest BCUT2D eigenvalue weighted by molar-refractivity contribution is 8.45. The van der Waals surface area contributed by atoms with E-state index in [1.165, 1.54) is 7.11 Å². The Bertz CT molecular complexity index is 1480. The zero-order chi connectivity index (χ0) is 32.7. The summed E-state index contributed by atoms with van der Waals surface area (Å²) in [6.45, 7) is 1.62. The number of ether oxygens (including phenoxy) is 2. The number of nitrogens with one attached hydrogen (secondary N) is 2. The van der Waals surface area contributed by atoms with Crippen LogP contribution in [0.1, 0.15) is 62.2 Å². The Balaban J connectivity index is 1.48. The molecule has 2 aliphatic rings. The van der Waals surface area contributed by atoms with Crippen LogP contribution in [0, 0.1) is 23.0 Å². The molecule has 2 saturated carbocycles. The van der Waals surface area contributed by atoms with Crippen molar-refractivity contribution in [3.8, 4) is 11.5 Å². The maximum atomic E-state index is 14.8. The van der Waals surface area contributed by atoms with Crippen molar-refractivity contribution in [1.82, 2.24) is 5.32 Å². The van der Waals surface area contributed by atoms with Gasteiger partial charge in [0, 0.05) is 17.8 Å². The summed E-state index contributed by atoms with van der Waals surface area (Å²) in [5, 5.41) is 14.2. The highest BCUT2D eigenvalue weighted by Crippen LogP contribution is 3.02. The Kier molecular flexibility index (Phi) is 8.33. The third-order valence-corrected chi connectivity index (χ3v) is 9.27. The number of carbonyl (C=O) groups excluding carboxylic acids is 2. The fraction of sp³-hybridized carbons (Fsp3) is 0.464. The topological polar surface area (TPSA) is 114 Å². The molecule has 0 spiro atoms. The molecule has 16 heteroatoms. The normalized spacial score (nSPS) is 25.3. The van der Waals surface area contributed by atoms with Crippen molar-refractivity contribution in [3.63, 3.8) is 0 Å². The Morgan fingerprint density at radius 3 is 2.18 bits per heavy atom. The molecule has 0 aromatic heterocycles. The first-order valence-corrected chi connectivity index (χ1v) is 15.6. The van der Waals surface area contributed by atoms with E-state index in [0.717, 1.165) is 12.1 Å². The number of carboxylic acids is 1. The van der Waals surface area contributed by atoms with Crippen LogP contribution in [-0.2, 0) is 9.59 Å². The molecular formula is C28H31F7N2O6S. The molecule has 2 amide bonds. The smallest absolute Gasteiger partial charge is 0.313 e. The minimum Gasteiger partial charge on any atom is -0.496 e. The van der Waals surface area contributed by atoms with Crippen LogP contribution in [0.3, 0.4) is 0 Å². The van der Waals surface area contributed by atoms with Crippen molar-refractivity contribution in [1.29, 1.82) is 0 Å². The molecule has 0 aliphatic heterocycles. The molecule has 0 bridgehead atoms. The predicted octanol–water partition coefficient (Wildman–Crippen LogP) is 7.58. The van der Waals surface area contributed by atoms with E-state index in [0.29, 0.717) is 38.2 Å². The van der Waals surface area contributed by atoms with E-state index in [1.807, 2.05) is 0 Å². The average Bonchev–Trinajstić information content (AvgIpc) is 3.38. The van der Waals surface area contributed by atoms with Crippen molar-refractivity contribution in [2.75, 3.05) is 12.4 Å². The molecule has 2 atom stereocenters. The lowest BCUT2D eigenvalue weighted by Gasteiger charge is -2.40. The summed E-state index contributed by atoms with van der Waals surface area (Å²) < 4.78 is 106. The van der Waals surface area contributed by atoms with E-state index in [4.69, 9.17) is 9.47 Å². The zero-order valence-electron chi connectivity index (χ0n) is 23.6. The van der Waals surface area contributed by atoms with Gasteiger partial charge in [0.1, 0.15) is 16.5 Å². The van der Waals surface area contributed by atoms with Gasteiger partial charge in [0.15, 0.2) is 11.6 Å². The van der Waals surface area contributed by atoms with Crippen molar-refractivity contribution < 1.29 is 57.2 Å². The largest absolute Gasteiger partial charge is 0.496 e. The van der Waals surface area contributed by atoms with E-state index >= 15 is 0 Å². The molecule has 0 radical (unpaired) electrons. The monoisotopic (exact) mass is 656 g/mol. The maximum absolute atomic E-state index is 14.8. The number of rotatable bonds is 9. The van der Waals surface area contributed by atoms with Crippen LogP contribution in [0.5, 0.6) is 11.5 Å². The summed E-state index contributed by atoms with van der Waals surface area (Å²) >= 11 is 0. The number of halogens is 7. The molecule has 2 aromatic rings. The standard InChI is InChI=1S/C28H31F7N2O6S/c1-28(27(40)41)10-8-16(9-11-28)43-23-13-18(22(42-2)14-20(23)30)26(39)37-21-5-3-4-17(21)25(38)36-15-6-7-19(29)24(12-15)44(31,32,33,34)35/h6-7,12-14,16-17,21H,3-5,8-11H2,1-2H3,(H,36,38)(H,37,39)(H,40,41)/t16-,17-,21+,28+/m0/s1. The summed E-state index contributed by atoms with van der Waals surface area (Å²) in [4.78, 5) is 35.0. The van der Waals surface area contributed by atoms with Gasteiger partial charge in [-0.25, -0.2) is 8.78 Å². The van der Waals surface area contributed by atoms with Crippen LogP contribution >= 0.6 is 10.2 Å². The number of hydrogen-bond acceptors (Lipinski definition) is 5. The first kappa shape index (κ1) is 33.2. The van der Waals surface area contributed by atoms with E-state index in [-0.39, 0.29) is 42.0 Å². The number of benzene rings is 2. The Morgan fingerprint density at radius 1 is 0.932 bits per heavy atom. The van der Waals surface area contributed by atoms with Crippen LogP contribution in [0.2, 0.25) is 0 Å². The molecule has 3 N–H and O–H groups in total. The molecular weight excluding hydrogens is 625 g/mol. The lowest BCUT2D eigenvalue weighted by atomic mass is 9.75. The van der Waals surface area contributed by atoms with E-state index < -0.39 is 73.7 Å². The van der Waals surface area contributed by atoms with Gasteiger partial charge in [-0.2, -0.15) is 0 Å². The van der Waals surface area contributed by atoms with Crippen LogP contribution in [-0.4, -0.2) is 42.1 Å². The average molecular weight is 657 g/mol. The van der Waals surface area contributed by atoms with Crippen LogP contribution in [0.4, 0.5) is 33.9 Å². The number of amides is 2. The van der Waals surface area contributed by atoms with Crippen LogP contribution in [0.25, 0.3) is 0 Å². The second-order valence-corrected chi connectivity index (χ2v) is 13.8. The molecule has 8 nitrogen and oxygen atoms in total. The fourth-order valence-electron chi connectivity index (χ4n) is 5.52. The molecule has 2 fully saturated rings. The second kappa shape index (κ2) is 11.0. The van der Waals surface area contributed by atoms with Crippen molar-refractivity contribution in [3.05, 3.63) is 47.5 Å². The summed E-state index contributed by atoms with van der Waals surface area (Å²) in [6, 6.07) is 1.94. The minimum atomic E-state index is -10.4. The number of hydrogen-bond donors (Lipinski definition) is 3. The van der Waals surface area contributed by atoms with Gasteiger partial charge in [-0.1, -0.05) is 25.8 Å². The van der Waals surface area contributed by atoms with Gasteiger partial charge >= 0.3 is 16.2 Å². The summed E-state index contributed by atoms with van der Waals surface area (Å²) in [5.74, 6) is -7.01. The number of carbonyl (C=O) groups is 3. The lowest BCUT2D eigenvalue weighted by Crippen LogP contribution is -2.42. The zero-order valence-corrected chi connectivity index (χ0v) is 24.4. The van der Waals surface area contributed by atoms with Gasteiger partial charge < -0.3 is 25.2 Å². The maximum Gasteiger partial charge on any atom is 0.313 e. The first-order valence-electron chi connectivity index (χ1n) is 13.6. The minimum absolute atomic E-state index is 0.139. The molecule has 0 heterocycles. The van der Waals surface area contributed by atoms with Gasteiger partial charge in [-0.3, -0.25) is 14.4 Å². The number of aliphatic carboxylic acids is 1. The Labute approximate surface area is 248 Å². The molecule has 0 unspecified atom stereocenters. The summed E-state index contributed by atoms with van der Waals surface area (Å²) in [6.07, 6.45) is 1.69. The van der Waals surface area contributed by atoms with Crippen molar-refractivity contribution in [2.45, 2.75) is 68.9 Å². The highest BCUT2D eigenvalue weighted by Gasteiger charge is 2.67. The van der Waals surface area contributed by atoms with Gasteiger partial charge in [0.2, 0.25) is 5.91 Å². The Morgan fingerprint density at radius 2 is 1.59 bits per heavy atom. The highest BCUT2D eigenvalue weighted by atomic mass is 32.5. The van der Waals surface area contributed by atoms with E-state index in [9.17, 15) is 47.7 Å². The lowest BCUT2D eigenvalue weighted by molar-refractivity contribution is -0.150. The van der Waals surface area contributed by atoms with E-state index in [1.54, 1.807) is 6.92 Å². The Hall–Kier alpha value is -3.69. The summed E-state index contributed by atoms with van der Waals surface area (Å²) in [7, 11) is -9.18. The van der Waals surface area contributed by atoms with Gasteiger partial charge in [0.25, 0.3) is 5.91 Å². The molecule has 44 heavy (non-hydrogen) atoms. The molecule has 0 saturated heterocycles. The number of anilines is 1. The number of carboxylic acid groups (broad SMARTS) is 1. The van der Waals surface area contributed by atoms with Gasteiger partial charge in [0.05, 0.1) is 30.1 Å². The third-order valence-electron chi connectivity index (χ3n) is 8.13. The van der Waals surface area contributed by atoms with Gasteiger partial charge in [-0.15, -0.1) is 0 Å². The molecule has 2 aromatic carbocycles. The van der Waals surface area contributed by atoms with Gasteiger partial charge in [-0.05, 0) is 69.7 Å². The number of methoxy groups -OCH3 is 1. The van der Waals surface area contributed by atoms with Crippen molar-refractivity contribution >= 4 is 33.7 Å². The van der Waals surface area contributed by atoms with E-state index in [2.05, 4.69) is 10.6 Å². The molecule has 2 aliphatic carbocycles. The third kappa shape index (κ3) is 7.33. The fourth-order valence-corrected chi connectivity index (χ4v) is 6.30. The molecule has 244 valence electrons. The molecule has 4 rings (SSSR count). The predicted molar refractivity (Wildman–Crippen MR) is 147 cm³/mol. The van der Waals surface area contributed by atoms with Crippen molar-refractivity contribution in [2.24, 2.45) is 11.3 Å². The van der Waals surface area contributed by atoms with Crippen LogP contribution < -0.4 is 20.1 Å².